The van der Waals surface area contributed by atoms with Crippen LogP contribution in [0, 0.1) is 5.82 Å². The topological polar surface area (TPSA) is 49.4 Å². The van der Waals surface area contributed by atoms with Crippen molar-refractivity contribution in [1.29, 1.82) is 0 Å². The van der Waals surface area contributed by atoms with Crippen LogP contribution in [0.1, 0.15) is 11.6 Å². The monoisotopic (exact) mass is 400 g/mol. The summed E-state index contributed by atoms with van der Waals surface area (Å²) in [5.74, 6) is -0.344. The van der Waals surface area contributed by atoms with Crippen LogP contribution in [0.2, 0.25) is 0 Å². The van der Waals surface area contributed by atoms with Crippen LogP contribution in [0.5, 0.6) is 0 Å². The van der Waals surface area contributed by atoms with Gasteiger partial charge in [0.1, 0.15) is 5.82 Å². The summed E-state index contributed by atoms with van der Waals surface area (Å²) in [6.45, 7) is 0.139. The highest BCUT2D eigenvalue weighted by Gasteiger charge is 2.21. The lowest BCUT2D eigenvalue weighted by molar-refractivity contribution is 0.299. The van der Waals surface area contributed by atoms with Gasteiger partial charge in [-0.3, -0.25) is 0 Å². The van der Waals surface area contributed by atoms with Gasteiger partial charge in [-0.05, 0) is 59.9 Å². The molecule has 1 unspecified atom stereocenters. The number of likely N-dealkylation sites (N-methyl/N-ethyl adjacent to an activating group) is 1. The van der Waals surface area contributed by atoms with Crippen LogP contribution in [0.4, 0.5) is 4.39 Å². The zero-order valence-corrected chi connectivity index (χ0v) is 15.2. The second-order valence-electron chi connectivity index (χ2n) is 5.32. The molecule has 23 heavy (non-hydrogen) atoms. The van der Waals surface area contributed by atoms with Crippen LogP contribution in [-0.2, 0) is 10.0 Å². The number of benzene rings is 2. The molecule has 1 atom stereocenters. The Kier molecular flexibility index (Phi) is 5.91. The molecule has 0 amide bonds. The largest absolute Gasteiger partial charge is 0.301 e. The molecule has 0 saturated heterocycles. The Labute approximate surface area is 144 Å². The molecule has 0 aliphatic carbocycles. The van der Waals surface area contributed by atoms with Gasteiger partial charge in [-0.15, -0.1) is 0 Å². The number of nitrogens with zero attached hydrogens (tertiary/aromatic N) is 1. The maximum Gasteiger partial charge on any atom is 0.241 e. The van der Waals surface area contributed by atoms with Crippen LogP contribution < -0.4 is 4.72 Å². The third-order valence-corrected chi connectivity index (χ3v) is 5.89. The predicted molar refractivity (Wildman–Crippen MR) is 92.2 cm³/mol. The molecule has 2 aromatic carbocycles. The molecule has 0 bridgehead atoms. The number of sulfonamides is 1. The fourth-order valence-corrected chi connectivity index (χ4v) is 4.28. The molecule has 0 aliphatic heterocycles. The maximum absolute atomic E-state index is 13.4. The minimum Gasteiger partial charge on any atom is -0.301 e. The average Bonchev–Trinajstić information content (AvgIpc) is 2.47. The summed E-state index contributed by atoms with van der Waals surface area (Å²) < 4.78 is 41.4. The first kappa shape index (κ1) is 18.1. The molecule has 1 N–H and O–H groups in total. The van der Waals surface area contributed by atoms with Crippen molar-refractivity contribution in [2.75, 3.05) is 20.6 Å². The minimum absolute atomic E-state index is 0.139. The highest BCUT2D eigenvalue weighted by molar-refractivity contribution is 9.10. The van der Waals surface area contributed by atoms with Crippen molar-refractivity contribution in [2.24, 2.45) is 0 Å². The van der Waals surface area contributed by atoms with Crippen molar-refractivity contribution < 1.29 is 12.8 Å². The zero-order valence-electron chi connectivity index (χ0n) is 12.8. The van der Waals surface area contributed by atoms with E-state index in [-0.39, 0.29) is 23.3 Å². The van der Waals surface area contributed by atoms with Crippen LogP contribution in [0.15, 0.2) is 57.9 Å². The number of hydrogen-bond donors (Lipinski definition) is 1. The lowest BCUT2D eigenvalue weighted by atomic mass is 10.1. The van der Waals surface area contributed by atoms with Crippen molar-refractivity contribution in [3.63, 3.8) is 0 Å². The van der Waals surface area contributed by atoms with E-state index in [4.69, 9.17) is 0 Å². The summed E-state index contributed by atoms with van der Waals surface area (Å²) >= 11 is 3.24. The van der Waals surface area contributed by atoms with Crippen molar-refractivity contribution in [3.05, 3.63) is 64.4 Å². The quantitative estimate of drug-likeness (QED) is 0.809. The molecule has 7 heteroatoms. The maximum atomic E-state index is 13.4. The van der Waals surface area contributed by atoms with E-state index in [2.05, 4.69) is 20.7 Å². The Balaban J connectivity index is 2.21. The van der Waals surface area contributed by atoms with Gasteiger partial charge in [0.25, 0.3) is 0 Å². The molecule has 0 aromatic heterocycles. The minimum atomic E-state index is -3.65. The van der Waals surface area contributed by atoms with Gasteiger partial charge >= 0.3 is 0 Å². The molecular weight excluding hydrogens is 383 g/mol. The molecule has 0 spiro atoms. The molecule has 2 aromatic rings. The summed E-state index contributed by atoms with van der Waals surface area (Å²) in [4.78, 5) is 2.02. The molecule has 0 radical (unpaired) electrons. The summed E-state index contributed by atoms with van der Waals surface area (Å²) in [5.41, 5.74) is 0.713. The normalized spacial score (nSPS) is 13.3. The van der Waals surface area contributed by atoms with Crippen LogP contribution in [0.25, 0.3) is 0 Å². The van der Waals surface area contributed by atoms with Gasteiger partial charge in [0.05, 0.1) is 4.90 Å². The molecule has 4 nitrogen and oxygen atoms in total. The molecule has 0 heterocycles. The Morgan fingerprint density at radius 3 is 2.48 bits per heavy atom. The van der Waals surface area contributed by atoms with Gasteiger partial charge in [-0.25, -0.2) is 17.5 Å². The fraction of sp³-hybridized carbons (Fsp3) is 0.250. The first-order chi connectivity index (χ1) is 10.8. The molecule has 124 valence electrons. The number of hydrogen-bond acceptors (Lipinski definition) is 3. The molecule has 0 fully saturated rings. The molecule has 2 rings (SSSR count). The summed E-state index contributed by atoms with van der Waals surface area (Å²) in [6.07, 6.45) is 0. The van der Waals surface area contributed by atoms with Gasteiger partial charge < -0.3 is 4.90 Å². The highest BCUT2D eigenvalue weighted by atomic mass is 79.9. The van der Waals surface area contributed by atoms with E-state index < -0.39 is 10.0 Å². The van der Waals surface area contributed by atoms with E-state index in [1.165, 1.54) is 18.2 Å². The standard InChI is InChI=1S/C16H18BrFN2O2S/c1-20(2)15(12-6-5-7-13(18)10-12)11-19-23(21,22)16-9-4-3-8-14(16)17/h3-10,15,19H,11H2,1-2H3. The van der Waals surface area contributed by atoms with Crippen LogP contribution in [-0.4, -0.2) is 34.0 Å². The number of rotatable bonds is 6. The molecular formula is C16H18BrFN2O2S. The zero-order chi connectivity index (χ0) is 17.0. The third-order valence-electron chi connectivity index (χ3n) is 3.45. The van der Waals surface area contributed by atoms with Crippen molar-refractivity contribution in [2.45, 2.75) is 10.9 Å². The van der Waals surface area contributed by atoms with Gasteiger partial charge in [0, 0.05) is 17.1 Å². The Morgan fingerprint density at radius 2 is 1.87 bits per heavy atom. The molecule has 0 saturated carbocycles. The number of halogens is 2. The van der Waals surface area contributed by atoms with E-state index in [0.717, 1.165) is 0 Å². The van der Waals surface area contributed by atoms with Gasteiger partial charge in [-0.1, -0.05) is 24.3 Å². The Hall–Kier alpha value is -1.28. The van der Waals surface area contributed by atoms with E-state index in [1.54, 1.807) is 30.3 Å². The van der Waals surface area contributed by atoms with E-state index in [1.807, 2.05) is 19.0 Å². The Bertz CT molecular complexity index is 781. The average molecular weight is 401 g/mol. The second kappa shape index (κ2) is 7.53. The molecule has 0 aliphatic rings. The van der Waals surface area contributed by atoms with E-state index in [9.17, 15) is 12.8 Å². The first-order valence-electron chi connectivity index (χ1n) is 6.97. The van der Waals surface area contributed by atoms with Crippen LogP contribution in [0.3, 0.4) is 0 Å². The van der Waals surface area contributed by atoms with Gasteiger partial charge in [0.2, 0.25) is 10.0 Å². The highest BCUT2D eigenvalue weighted by Crippen LogP contribution is 2.23. The van der Waals surface area contributed by atoms with Gasteiger partial charge in [-0.2, -0.15) is 0 Å². The lowest BCUT2D eigenvalue weighted by Crippen LogP contribution is -2.34. The summed E-state index contributed by atoms with van der Waals surface area (Å²) in [7, 11) is -0.0115. The fourth-order valence-electron chi connectivity index (χ4n) is 2.24. The van der Waals surface area contributed by atoms with Crippen molar-refractivity contribution >= 4 is 26.0 Å². The van der Waals surface area contributed by atoms with Crippen LogP contribution >= 0.6 is 15.9 Å². The van der Waals surface area contributed by atoms with Crippen molar-refractivity contribution in [1.82, 2.24) is 9.62 Å². The van der Waals surface area contributed by atoms with E-state index in [0.29, 0.717) is 10.0 Å². The number of nitrogens with one attached hydrogen (secondary N) is 1. The smallest absolute Gasteiger partial charge is 0.241 e. The third kappa shape index (κ3) is 4.60. The predicted octanol–water partition coefficient (Wildman–Crippen LogP) is 3.17. The van der Waals surface area contributed by atoms with Gasteiger partial charge in [0.15, 0.2) is 0 Å². The van der Waals surface area contributed by atoms with E-state index >= 15 is 0 Å². The Morgan fingerprint density at radius 1 is 1.17 bits per heavy atom. The van der Waals surface area contributed by atoms with Crippen molar-refractivity contribution in [3.8, 4) is 0 Å². The second-order valence-corrected chi connectivity index (χ2v) is 7.91. The lowest BCUT2D eigenvalue weighted by Gasteiger charge is -2.25. The summed E-state index contributed by atoms with van der Waals surface area (Å²) in [6, 6.07) is 12.5. The summed E-state index contributed by atoms with van der Waals surface area (Å²) in [5, 5.41) is 0. The SMILES string of the molecule is CN(C)C(CNS(=O)(=O)c1ccccc1Br)c1cccc(F)c1. The first-order valence-corrected chi connectivity index (χ1v) is 9.25.